The summed E-state index contributed by atoms with van der Waals surface area (Å²) < 4.78 is 32.3. The van der Waals surface area contributed by atoms with Crippen molar-refractivity contribution in [3.63, 3.8) is 0 Å². The standard InChI is InChI=1S/C14H22N2O3S/c1-3-6-14(7-8-14)10-16-20(17,18)13-5-4-11(19-2)9-12(13)15/h4-5,9,16H,3,6-8,10,15H2,1-2H3. The number of rotatable bonds is 7. The summed E-state index contributed by atoms with van der Waals surface area (Å²) >= 11 is 0. The zero-order chi connectivity index (χ0) is 14.8. The SMILES string of the molecule is CCCC1(CNS(=O)(=O)c2ccc(OC)cc2N)CC1. The molecule has 2 rings (SSSR count). The first-order chi connectivity index (χ1) is 9.42. The summed E-state index contributed by atoms with van der Waals surface area (Å²) in [6.07, 6.45) is 4.34. The molecule has 112 valence electrons. The highest BCUT2D eigenvalue weighted by Gasteiger charge is 2.42. The number of hydrogen-bond donors (Lipinski definition) is 2. The minimum absolute atomic E-state index is 0.116. The van der Waals surface area contributed by atoms with Crippen LogP contribution in [0.15, 0.2) is 23.1 Å². The van der Waals surface area contributed by atoms with Crippen LogP contribution in [0.25, 0.3) is 0 Å². The smallest absolute Gasteiger partial charge is 0.242 e. The number of ether oxygens (including phenoxy) is 1. The molecule has 1 aliphatic carbocycles. The molecule has 1 aromatic rings. The van der Waals surface area contributed by atoms with Gasteiger partial charge in [-0.3, -0.25) is 0 Å². The van der Waals surface area contributed by atoms with Crippen LogP contribution in [0.3, 0.4) is 0 Å². The maximum atomic E-state index is 12.3. The van der Waals surface area contributed by atoms with Crippen molar-refractivity contribution in [2.75, 3.05) is 19.4 Å². The number of nitrogen functional groups attached to an aromatic ring is 1. The van der Waals surface area contributed by atoms with Gasteiger partial charge in [-0.25, -0.2) is 13.1 Å². The van der Waals surface area contributed by atoms with Crippen molar-refractivity contribution >= 4 is 15.7 Å². The predicted octanol–water partition coefficient (Wildman–Crippen LogP) is 2.14. The first-order valence-corrected chi connectivity index (χ1v) is 8.34. The summed E-state index contributed by atoms with van der Waals surface area (Å²) in [5, 5.41) is 0. The lowest BCUT2D eigenvalue weighted by Crippen LogP contribution is -2.30. The number of nitrogens with one attached hydrogen (secondary N) is 1. The molecule has 0 amide bonds. The van der Waals surface area contributed by atoms with Crippen LogP contribution in [0.4, 0.5) is 5.69 Å². The third kappa shape index (κ3) is 3.24. The summed E-state index contributed by atoms with van der Waals surface area (Å²) in [6, 6.07) is 4.60. The molecule has 0 heterocycles. The lowest BCUT2D eigenvalue weighted by Gasteiger charge is -2.16. The van der Waals surface area contributed by atoms with E-state index in [9.17, 15) is 8.42 Å². The molecule has 1 aromatic carbocycles. The summed E-state index contributed by atoms with van der Waals surface area (Å²) in [6.45, 7) is 2.62. The van der Waals surface area contributed by atoms with Crippen molar-refractivity contribution in [3.8, 4) is 5.75 Å². The molecule has 5 nitrogen and oxygen atoms in total. The van der Waals surface area contributed by atoms with E-state index in [-0.39, 0.29) is 16.0 Å². The van der Waals surface area contributed by atoms with Gasteiger partial charge in [-0.2, -0.15) is 0 Å². The monoisotopic (exact) mass is 298 g/mol. The van der Waals surface area contributed by atoms with Crippen molar-refractivity contribution in [1.29, 1.82) is 0 Å². The Morgan fingerprint density at radius 2 is 2.10 bits per heavy atom. The van der Waals surface area contributed by atoms with Crippen molar-refractivity contribution in [1.82, 2.24) is 4.72 Å². The minimum Gasteiger partial charge on any atom is -0.497 e. The van der Waals surface area contributed by atoms with Crippen LogP contribution in [0, 0.1) is 5.41 Å². The van der Waals surface area contributed by atoms with Gasteiger partial charge in [-0.1, -0.05) is 13.3 Å². The predicted molar refractivity (Wildman–Crippen MR) is 79.2 cm³/mol. The molecule has 1 saturated carbocycles. The fraction of sp³-hybridized carbons (Fsp3) is 0.571. The topological polar surface area (TPSA) is 81.4 Å². The van der Waals surface area contributed by atoms with Crippen molar-refractivity contribution in [2.45, 2.75) is 37.5 Å². The van der Waals surface area contributed by atoms with E-state index in [0.29, 0.717) is 12.3 Å². The summed E-state index contributed by atoms with van der Waals surface area (Å²) in [7, 11) is -2.04. The normalized spacial score (nSPS) is 16.9. The maximum Gasteiger partial charge on any atom is 0.242 e. The van der Waals surface area contributed by atoms with Crippen LogP contribution >= 0.6 is 0 Å². The Morgan fingerprint density at radius 3 is 2.60 bits per heavy atom. The van der Waals surface area contributed by atoms with E-state index in [1.165, 1.54) is 19.2 Å². The number of nitrogens with two attached hydrogens (primary N) is 1. The zero-order valence-electron chi connectivity index (χ0n) is 12.0. The minimum atomic E-state index is -3.56. The molecule has 0 aromatic heterocycles. The summed E-state index contributed by atoms with van der Waals surface area (Å²) in [5.41, 5.74) is 6.17. The molecule has 0 spiro atoms. The van der Waals surface area contributed by atoms with Gasteiger partial charge in [0.25, 0.3) is 0 Å². The Labute approximate surface area is 120 Å². The molecular formula is C14H22N2O3S. The second-order valence-electron chi connectivity index (χ2n) is 5.48. The molecule has 0 radical (unpaired) electrons. The van der Waals surface area contributed by atoms with Crippen LogP contribution < -0.4 is 15.2 Å². The molecular weight excluding hydrogens is 276 g/mol. The fourth-order valence-corrected chi connectivity index (χ4v) is 3.71. The van der Waals surface area contributed by atoms with E-state index in [2.05, 4.69) is 11.6 Å². The van der Waals surface area contributed by atoms with Gasteiger partial charge < -0.3 is 10.5 Å². The Hall–Kier alpha value is -1.27. The lowest BCUT2D eigenvalue weighted by atomic mass is 10.0. The Balaban J connectivity index is 2.10. The average molecular weight is 298 g/mol. The van der Waals surface area contributed by atoms with E-state index in [0.717, 1.165) is 25.7 Å². The van der Waals surface area contributed by atoms with E-state index in [1.54, 1.807) is 6.07 Å². The molecule has 3 N–H and O–H groups in total. The first kappa shape index (κ1) is 15.1. The molecule has 0 atom stereocenters. The van der Waals surface area contributed by atoms with Gasteiger partial charge in [0.1, 0.15) is 10.6 Å². The molecule has 0 unspecified atom stereocenters. The number of hydrogen-bond acceptors (Lipinski definition) is 4. The van der Waals surface area contributed by atoms with Gasteiger partial charge in [0.15, 0.2) is 0 Å². The van der Waals surface area contributed by atoms with E-state index >= 15 is 0 Å². The maximum absolute atomic E-state index is 12.3. The van der Waals surface area contributed by atoms with E-state index < -0.39 is 10.0 Å². The first-order valence-electron chi connectivity index (χ1n) is 6.86. The zero-order valence-corrected chi connectivity index (χ0v) is 12.8. The third-order valence-electron chi connectivity index (χ3n) is 3.88. The largest absolute Gasteiger partial charge is 0.497 e. The second kappa shape index (κ2) is 5.61. The van der Waals surface area contributed by atoms with Crippen LogP contribution in [-0.2, 0) is 10.0 Å². The summed E-state index contributed by atoms with van der Waals surface area (Å²) in [4.78, 5) is 0.116. The quantitative estimate of drug-likeness (QED) is 0.756. The van der Waals surface area contributed by atoms with Crippen LogP contribution in [0.1, 0.15) is 32.6 Å². The number of methoxy groups -OCH3 is 1. The molecule has 0 bridgehead atoms. The van der Waals surface area contributed by atoms with Crippen LogP contribution in [-0.4, -0.2) is 22.1 Å². The average Bonchev–Trinajstić information content (AvgIpc) is 3.17. The van der Waals surface area contributed by atoms with Crippen LogP contribution in [0.2, 0.25) is 0 Å². The van der Waals surface area contributed by atoms with Crippen LogP contribution in [0.5, 0.6) is 5.75 Å². The van der Waals surface area contributed by atoms with Gasteiger partial charge in [-0.05, 0) is 36.8 Å². The number of benzene rings is 1. The third-order valence-corrected chi connectivity index (χ3v) is 5.36. The molecule has 20 heavy (non-hydrogen) atoms. The van der Waals surface area contributed by atoms with Gasteiger partial charge in [0.05, 0.1) is 12.8 Å². The molecule has 6 heteroatoms. The molecule has 0 aliphatic heterocycles. The summed E-state index contributed by atoms with van der Waals surface area (Å²) in [5.74, 6) is 0.547. The Bertz CT molecular complexity index is 580. The van der Waals surface area contributed by atoms with Crippen molar-refractivity contribution in [3.05, 3.63) is 18.2 Å². The van der Waals surface area contributed by atoms with Crippen molar-refractivity contribution < 1.29 is 13.2 Å². The highest BCUT2D eigenvalue weighted by molar-refractivity contribution is 7.89. The lowest BCUT2D eigenvalue weighted by molar-refractivity contribution is 0.414. The van der Waals surface area contributed by atoms with Gasteiger partial charge in [-0.15, -0.1) is 0 Å². The molecule has 0 saturated heterocycles. The second-order valence-corrected chi connectivity index (χ2v) is 7.21. The fourth-order valence-electron chi connectivity index (χ4n) is 2.45. The Morgan fingerprint density at radius 1 is 1.40 bits per heavy atom. The number of anilines is 1. The Kier molecular flexibility index (Phi) is 4.25. The van der Waals surface area contributed by atoms with Gasteiger partial charge in [0.2, 0.25) is 10.0 Å². The van der Waals surface area contributed by atoms with Crippen molar-refractivity contribution in [2.24, 2.45) is 5.41 Å². The highest BCUT2D eigenvalue weighted by Crippen LogP contribution is 2.49. The number of sulfonamides is 1. The van der Waals surface area contributed by atoms with Gasteiger partial charge in [0, 0.05) is 12.6 Å². The van der Waals surface area contributed by atoms with E-state index in [4.69, 9.17) is 10.5 Å². The molecule has 1 aliphatic rings. The van der Waals surface area contributed by atoms with Gasteiger partial charge >= 0.3 is 0 Å². The highest BCUT2D eigenvalue weighted by atomic mass is 32.2. The molecule has 1 fully saturated rings. The van der Waals surface area contributed by atoms with E-state index in [1.807, 2.05) is 0 Å².